The van der Waals surface area contributed by atoms with Crippen molar-refractivity contribution in [1.82, 2.24) is 9.97 Å². The molecule has 9 nitrogen and oxygen atoms in total. The van der Waals surface area contributed by atoms with Gasteiger partial charge in [0, 0.05) is 41.5 Å². The number of nitrogens with one attached hydrogen (secondary N) is 4. The van der Waals surface area contributed by atoms with Gasteiger partial charge in [0.2, 0.25) is 11.7 Å². The average Bonchev–Trinajstić information content (AvgIpc) is 3.19. The molecule has 0 aliphatic carbocycles. The monoisotopic (exact) mass is 473 g/mol. The molecule has 0 bridgehead atoms. The van der Waals surface area contributed by atoms with Crippen LogP contribution in [0.15, 0.2) is 35.6 Å². The van der Waals surface area contributed by atoms with Gasteiger partial charge < -0.3 is 20.8 Å². The van der Waals surface area contributed by atoms with Crippen LogP contribution in [0.3, 0.4) is 0 Å². The molecule has 2 heterocycles. The van der Waals surface area contributed by atoms with Crippen molar-refractivity contribution in [2.24, 2.45) is 10.7 Å². The third-order valence-corrected chi connectivity index (χ3v) is 5.89. The first kappa shape index (κ1) is 23.9. The molecule has 2 aromatic heterocycles. The molecule has 0 spiro atoms. The molecule has 33 heavy (non-hydrogen) atoms. The van der Waals surface area contributed by atoms with Crippen molar-refractivity contribution in [3.63, 3.8) is 0 Å². The van der Waals surface area contributed by atoms with Crippen LogP contribution in [0.2, 0.25) is 0 Å². The summed E-state index contributed by atoms with van der Waals surface area (Å²) < 4.78 is 44.0. The van der Waals surface area contributed by atoms with Gasteiger partial charge >= 0.3 is 0 Å². The maximum absolute atomic E-state index is 15.1. The lowest BCUT2D eigenvalue weighted by atomic mass is 9.98. The molecule has 0 fully saturated rings. The molecule has 0 radical (unpaired) electrons. The summed E-state index contributed by atoms with van der Waals surface area (Å²) in [7, 11) is -1.58. The Morgan fingerprint density at radius 3 is 2.85 bits per heavy atom. The van der Waals surface area contributed by atoms with Gasteiger partial charge in [0.25, 0.3) is 0 Å². The van der Waals surface area contributed by atoms with E-state index in [2.05, 4.69) is 19.7 Å². The van der Waals surface area contributed by atoms with Gasteiger partial charge in [-0.15, -0.1) is 0 Å². The molecular weight excluding hydrogens is 452 g/mol. The highest BCUT2D eigenvalue weighted by Crippen LogP contribution is 2.28. The molecule has 1 aromatic carbocycles. The van der Waals surface area contributed by atoms with Crippen molar-refractivity contribution >= 4 is 51.9 Å². The number of aromatic nitrogens is 2. The minimum Gasteiger partial charge on any atom is -0.368 e. The summed E-state index contributed by atoms with van der Waals surface area (Å²) >= 11 is 0. The van der Waals surface area contributed by atoms with E-state index in [0.717, 1.165) is 18.3 Å². The van der Waals surface area contributed by atoms with Crippen LogP contribution < -0.4 is 10.5 Å². The normalized spacial score (nSPS) is 13.2. The highest BCUT2D eigenvalue weighted by molar-refractivity contribution is 7.86. The number of nitrogens with zero attached hydrogens (tertiary/aromatic N) is 2. The highest BCUT2D eigenvalue weighted by Gasteiger charge is 2.25. The van der Waals surface area contributed by atoms with E-state index in [0.29, 0.717) is 17.6 Å². The van der Waals surface area contributed by atoms with Crippen LogP contribution in [-0.4, -0.2) is 44.1 Å². The van der Waals surface area contributed by atoms with Crippen molar-refractivity contribution in [2.45, 2.75) is 19.3 Å². The number of aromatic amines is 1. The smallest absolute Gasteiger partial charge is 0.212 e. The number of hydrogen-bond donors (Lipinski definition) is 5. The molecule has 3 rings (SSSR count). The second kappa shape index (κ2) is 10.2. The SMILES string of the molecule is CCCS(=O)Nc1ccc(F)c(C(=O)c2c[nH]c3ncc(C(C=N)C=NC(=N)N)cc23)c1F. The molecule has 172 valence electrons. The number of ketones is 1. The zero-order valence-electron chi connectivity index (χ0n) is 17.5. The summed E-state index contributed by atoms with van der Waals surface area (Å²) in [6.07, 6.45) is 5.66. The number of guanidine groups is 1. The molecule has 2 atom stereocenters. The second-order valence-corrected chi connectivity index (χ2v) is 8.29. The lowest BCUT2D eigenvalue weighted by Crippen LogP contribution is -2.13. The van der Waals surface area contributed by atoms with Gasteiger partial charge in [-0.25, -0.2) is 23.0 Å². The number of benzene rings is 1. The van der Waals surface area contributed by atoms with Crippen molar-refractivity contribution in [2.75, 3.05) is 10.5 Å². The standard InChI is InChI=1S/C21H21F2N7O2S/c1-2-5-33(32)30-16-4-3-15(22)17(18(16)23)19(31)14-10-28-20-13(14)6-11(8-27-20)12(7-24)9-29-21(25)26/h3-4,6-10,12,24,30H,2,5H2,1H3,(H3,25,26)(H,27,28). The van der Waals surface area contributed by atoms with Crippen LogP contribution in [0.25, 0.3) is 11.0 Å². The van der Waals surface area contributed by atoms with E-state index < -0.39 is 45.8 Å². The Hall–Kier alpha value is -3.80. The summed E-state index contributed by atoms with van der Waals surface area (Å²) in [4.78, 5) is 23.8. The summed E-state index contributed by atoms with van der Waals surface area (Å²) in [5.74, 6) is -3.99. The highest BCUT2D eigenvalue weighted by atomic mass is 32.2. The summed E-state index contributed by atoms with van der Waals surface area (Å²) in [6, 6.07) is 3.57. The number of halogens is 2. The predicted molar refractivity (Wildman–Crippen MR) is 125 cm³/mol. The zero-order chi connectivity index (χ0) is 24.1. The number of aliphatic imine (C=N–C) groups is 1. The molecule has 0 saturated heterocycles. The van der Waals surface area contributed by atoms with E-state index in [1.165, 1.54) is 18.6 Å². The van der Waals surface area contributed by atoms with E-state index in [4.69, 9.17) is 16.6 Å². The lowest BCUT2D eigenvalue weighted by molar-refractivity contribution is 0.103. The largest absolute Gasteiger partial charge is 0.368 e. The Bertz CT molecular complexity index is 1290. The fourth-order valence-corrected chi connectivity index (χ4v) is 3.98. The first-order valence-corrected chi connectivity index (χ1v) is 11.1. The van der Waals surface area contributed by atoms with Crippen molar-refractivity contribution in [3.8, 4) is 0 Å². The first-order chi connectivity index (χ1) is 15.8. The molecule has 0 aliphatic heterocycles. The minimum atomic E-state index is -1.58. The van der Waals surface area contributed by atoms with Gasteiger partial charge in [0.15, 0.2) is 5.82 Å². The van der Waals surface area contributed by atoms with Crippen LogP contribution >= 0.6 is 0 Å². The maximum atomic E-state index is 15.1. The third-order valence-electron chi connectivity index (χ3n) is 4.67. The third kappa shape index (κ3) is 5.17. The van der Waals surface area contributed by atoms with Crippen LogP contribution in [0.1, 0.15) is 40.7 Å². The van der Waals surface area contributed by atoms with Gasteiger partial charge in [-0.3, -0.25) is 10.2 Å². The Kier molecular flexibility index (Phi) is 7.38. The molecule has 12 heteroatoms. The van der Waals surface area contributed by atoms with E-state index in [-0.39, 0.29) is 22.4 Å². The number of H-pyrrole nitrogens is 1. The maximum Gasteiger partial charge on any atom is 0.212 e. The number of anilines is 1. The van der Waals surface area contributed by atoms with Crippen molar-refractivity contribution in [1.29, 1.82) is 10.8 Å². The van der Waals surface area contributed by atoms with Gasteiger partial charge in [-0.1, -0.05) is 6.92 Å². The summed E-state index contributed by atoms with van der Waals surface area (Å²) in [6.45, 7) is 1.81. The van der Waals surface area contributed by atoms with Gasteiger partial charge in [-0.05, 0) is 30.2 Å². The minimum absolute atomic E-state index is 0.0313. The Balaban J connectivity index is 2.05. The number of rotatable bonds is 9. The second-order valence-electron chi connectivity index (χ2n) is 6.99. The van der Waals surface area contributed by atoms with E-state index in [1.54, 1.807) is 6.07 Å². The number of pyridine rings is 1. The van der Waals surface area contributed by atoms with Gasteiger partial charge in [0.05, 0.1) is 17.2 Å². The number of hydrogen-bond acceptors (Lipinski definition) is 5. The fourth-order valence-electron chi connectivity index (χ4n) is 3.11. The average molecular weight is 474 g/mol. The number of carbonyl (C=O) groups is 1. The van der Waals surface area contributed by atoms with Crippen LogP contribution in [0, 0.1) is 22.5 Å². The molecule has 0 amide bonds. The Labute approximate surface area is 190 Å². The predicted octanol–water partition coefficient (Wildman–Crippen LogP) is 3.26. The zero-order valence-corrected chi connectivity index (χ0v) is 18.3. The first-order valence-electron chi connectivity index (χ1n) is 9.80. The van der Waals surface area contributed by atoms with Crippen LogP contribution in [0.4, 0.5) is 14.5 Å². The number of fused-ring (bicyclic) bond motifs is 1. The van der Waals surface area contributed by atoms with Crippen LogP contribution in [-0.2, 0) is 11.0 Å². The topological polar surface area (TPSA) is 161 Å². The van der Waals surface area contributed by atoms with E-state index in [1.807, 2.05) is 6.92 Å². The van der Waals surface area contributed by atoms with Crippen molar-refractivity contribution < 1.29 is 17.8 Å². The molecule has 3 aromatic rings. The molecule has 2 unspecified atom stereocenters. The van der Waals surface area contributed by atoms with Gasteiger partial charge in [0.1, 0.15) is 22.5 Å². The summed E-state index contributed by atoms with van der Waals surface area (Å²) in [5.41, 5.74) is 4.91. The van der Waals surface area contributed by atoms with Gasteiger partial charge in [-0.2, -0.15) is 0 Å². The fraction of sp³-hybridized carbons (Fsp3) is 0.190. The number of nitrogens with two attached hydrogens (primary N) is 1. The Morgan fingerprint density at radius 2 is 2.18 bits per heavy atom. The summed E-state index contributed by atoms with van der Waals surface area (Å²) in [5, 5.41) is 15.1. The molecule has 6 N–H and O–H groups in total. The van der Waals surface area contributed by atoms with Crippen LogP contribution in [0.5, 0.6) is 0 Å². The molecule has 0 aliphatic rings. The van der Waals surface area contributed by atoms with E-state index >= 15 is 4.39 Å². The number of carbonyl (C=O) groups excluding carboxylic acids is 1. The molecular formula is C21H21F2N7O2S. The van der Waals surface area contributed by atoms with E-state index in [9.17, 15) is 13.4 Å². The quantitative estimate of drug-likeness (QED) is 0.183. The lowest BCUT2D eigenvalue weighted by Gasteiger charge is -2.11. The van der Waals surface area contributed by atoms with Crippen molar-refractivity contribution in [3.05, 3.63) is 58.9 Å². The molecule has 0 saturated carbocycles. The Morgan fingerprint density at radius 1 is 1.42 bits per heavy atom.